The molecule has 1 heterocycles. The van der Waals surface area contributed by atoms with Crippen LogP contribution in [0.25, 0.3) is 11.4 Å². The first-order valence-electron chi connectivity index (χ1n) is 7.13. The maximum absolute atomic E-state index is 6.00. The van der Waals surface area contributed by atoms with Crippen molar-refractivity contribution in [1.82, 2.24) is 9.97 Å². The normalized spacial score (nSPS) is 10.7. The Morgan fingerprint density at radius 2 is 2.00 bits per heavy atom. The van der Waals surface area contributed by atoms with E-state index in [-0.39, 0.29) is 0 Å². The van der Waals surface area contributed by atoms with Gasteiger partial charge in [-0.25, -0.2) is 9.97 Å². The summed E-state index contributed by atoms with van der Waals surface area (Å²) in [5, 5.41) is 4.09. The first-order valence-corrected chi connectivity index (χ1v) is 8.30. The van der Waals surface area contributed by atoms with Gasteiger partial charge in [-0.3, -0.25) is 0 Å². The molecule has 0 aliphatic rings. The van der Waals surface area contributed by atoms with Crippen LogP contribution in [0.15, 0.2) is 22.7 Å². The van der Waals surface area contributed by atoms with E-state index in [1.807, 2.05) is 25.1 Å². The predicted octanol–water partition coefficient (Wildman–Crippen LogP) is 5.25. The van der Waals surface area contributed by atoms with Crippen LogP contribution in [0, 0.1) is 6.92 Å². The lowest BCUT2D eigenvalue weighted by Gasteiger charge is -2.14. The predicted molar refractivity (Wildman–Crippen MR) is 93.1 cm³/mol. The molecule has 1 aromatic heterocycles. The molecule has 2 aromatic rings. The zero-order chi connectivity index (χ0) is 15.4. The van der Waals surface area contributed by atoms with Crippen molar-refractivity contribution in [3.63, 3.8) is 0 Å². The van der Waals surface area contributed by atoms with Crippen LogP contribution in [-0.2, 0) is 6.42 Å². The van der Waals surface area contributed by atoms with Gasteiger partial charge in [-0.05, 0) is 53.9 Å². The summed E-state index contributed by atoms with van der Waals surface area (Å²) in [6, 6.07) is 5.66. The number of hydrogen-bond donors (Lipinski definition) is 1. The largest absolute Gasteiger partial charge is 0.370 e. The molecule has 21 heavy (non-hydrogen) atoms. The Morgan fingerprint density at radius 1 is 1.24 bits per heavy atom. The van der Waals surface area contributed by atoms with Crippen molar-refractivity contribution in [3.8, 4) is 11.4 Å². The number of rotatable bonds is 5. The van der Waals surface area contributed by atoms with E-state index in [1.54, 1.807) is 0 Å². The molecular formula is C16H19BrClN3. The Labute approximate surface area is 139 Å². The molecule has 0 aliphatic heterocycles. The second-order valence-electron chi connectivity index (χ2n) is 4.86. The Bertz CT molecular complexity index is 644. The van der Waals surface area contributed by atoms with Crippen LogP contribution >= 0.6 is 27.5 Å². The van der Waals surface area contributed by atoms with Crippen molar-refractivity contribution in [2.75, 3.05) is 11.9 Å². The van der Waals surface area contributed by atoms with Crippen molar-refractivity contribution in [3.05, 3.63) is 39.0 Å². The summed E-state index contributed by atoms with van der Waals surface area (Å²) in [6.45, 7) is 7.21. The van der Waals surface area contributed by atoms with Gasteiger partial charge in [-0.2, -0.15) is 0 Å². The third-order valence-electron chi connectivity index (χ3n) is 3.28. The van der Waals surface area contributed by atoms with Gasteiger partial charge in [0.2, 0.25) is 0 Å². The highest BCUT2D eigenvalue weighted by atomic mass is 79.9. The molecule has 0 amide bonds. The number of hydrogen-bond acceptors (Lipinski definition) is 3. The zero-order valence-electron chi connectivity index (χ0n) is 12.5. The molecule has 0 saturated carbocycles. The van der Waals surface area contributed by atoms with Gasteiger partial charge in [-0.15, -0.1) is 0 Å². The Kier molecular flexibility index (Phi) is 5.59. The van der Waals surface area contributed by atoms with Crippen LogP contribution in [0.1, 0.15) is 31.5 Å². The minimum atomic E-state index is 0.692. The molecule has 0 fully saturated rings. The third kappa shape index (κ3) is 3.74. The summed E-state index contributed by atoms with van der Waals surface area (Å²) >= 11 is 9.54. The number of halogens is 2. The fourth-order valence-corrected chi connectivity index (χ4v) is 3.06. The van der Waals surface area contributed by atoms with Gasteiger partial charge in [0.25, 0.3) is 0 Å². The molecule has 0 bridgehead atoms. The minimum Gasteiger partial charge on any atom is -0.370 e. The second kappa shape index (κ2) is 7.23. The standard InChI is InChI=1S/C16H19BrClN3/c1-4-8-19-15-12(5-2)10(3)20-16(21-15)13-7-6-11(18)9-14(13)17/h6-7,9H,4-5,8H2,1-3H3,(H,19,20,21). The molecular weight excluding hydrogens is 350 g/mol. The summed E-state index contributed by atoms with van der Waals surface area (Å²) in [6.07, 6.45) is 1.98. The van der Waals surface area contributed by atoms with Crippen molar-refractivity contribution in [1.29, 1.82) is 0 Å². The summed E-state index contributed by atoms with van der Waals surface area (Å²) in [5.74, 6) is 1.65. The number of benzene rings is 1. The van der Waals surface area contributed by atoms with E-state index in [4.69, 9.17) is 16.6 Å². The molecule has 0 aliphatic carbocycles. The Hall–Kier alpha value is -1.13. The molecule has 1 aromatic carbocycles. The molecule has 2 rings (SSSR count). The van der Waals surface area contributed by atoms with Crippen molar-refractivity contribution in [2.45, 2.75) is 33.6 Å². The van der Waals surface area contributed by atoms with Gasteiger partial charge in [0.15, 0.2) is 5.82 Å². The number of aryl methyl sites for hydroxylation is 1. The van der Waals surface area contributed by atoms with E-state index >= 15 is 0 Å². The maximum atomic E-state index is 6.00. The molecule has 3 nitrogen and oxygen atoms in total. The fraction of sp³-hybridized carbons (Fsp3) is 0.375. The first kappa shape index (κ1) is 16.2. The molecule has 1 N–H and O–H groups in total. The number of anilines is 1. The average molecular weight is 369 g/mol. The minimum absolute atomic E-state index is 0.692. The Balaban J connectivity index is 2.51. The van der Waals surface area contributed by atoms with E-state index in [9.17, 15) is 0 Å². The van der Waals surface area contributed by atoms with E-state index in [1.165, 1.54) is 5.56 Å². The van der Waals surface area contributed by atoms with Gasteiger partial charge in [0.1, 0.15) is 5.82 Å². The lowest BCUT2D eigenvalue weighted by atomic mass is 10.1. The van der Waals surface area contributed by atoms with Crippen LogP contribution in [0.4, 0.5) is 5.82 Å². The summed E-state index contributed by atoms with van der Waals surface area (Å²) in [4.78, 5) is 9.36. The molecule has 112 valence electrons. The van der Waals surface area contributed by atoms with Crippen LogP contribution in [0.5, 0.6) is 0 Å². The van der Waals surface area contributed by atoms with E-state index < -0.39 is 0 Å². The molecule has 0 saturated heterocycles. The molecule has 0 spiro atoms. The van der Waals surface area contributed by atoms with Crippen molar-refractivity contribution in [2.24, 2.45) is 0 Å². The van der Waals surface area contributed by atoms with E-state index in [0.717, 1.165) is 40.9 Å². The molecule has 5 heteroatoms. The van der Waals surface area contributed by atoms with Crippen LogP contribution in [0.3, 0.4) is 0 Å². The first-order chi connectivity index (χ1) is 10.1. The molecule has 0 unspecified atom stereocenters. The number of nitrogens with zero attached hydrogens (tertiary/aromatic N) is 2. The smallest absolute Gasteiger partial charge is 0.162 e. The lowest BCUT2D eigenvalue weighted by molar-refractivity contribution is 0.938. The van der Waals surface area contributed by atoms with Gasteiger partial charge >= 0.3 is 0 Å². The molecule has 0 radical (unpaired) electrons. The topological polar surface area (TPSA) is 37.8 Å². The summed E-state index contributed by atoms with van der Waals surface area (Å²) in [7, 11) is 0. The highest BCUT2D eigenvalue weighted by Gasteiger charge is 2.13. The van der Waals surface area contributed by atoms with Crippen LogP contribution in [0.2, 0.25) is 5.02 Å². The maximum Gasteiger partial charge on any atom is 0.162 e. The number of aromatic nitrogens is 2. The monoisotopic (exact) mass is 367 g/mol. The zero-order valence-corrected chi connectivity index (χ0v) is 14.8. The van der Waals surface area contributed by atoms with Crippen molar-refractivity contribution >= 4 is 33.3 Å². The van der Waals surface area contributed by atoms with Crippen LogP contribution < -0.4 is 5.32 Å². The SMILES string of the molecule is CCCNc1nc(-c2ccc(Cl)cc2Br)nc(C)c1CC. The van der Waals surface area contributed by atoms with Gasteiger partial charge in [0, 0.05) is 32.9 Å². The summed E-state index contributed by atoms with van der Waals surface area (Å²) in [5.41, 5.74) is 3.14. The highest BCUT2D eigenvalue weighted by molar-refractivity contribution is 9.10. The van der Waals surface area contributed by atoms with E-state index in [0.29, 0.717) is 10.8 Å². The second-order valence-corrected chi connectivity index (χ2v) is 6.16. The molecule has 0 atom stereocenters. The average Bonchev–Trinajstić information content (AvgIpc) is 2.44. The van der Waals surface area contributed by atoms with Gasteiger partial charge < -0.3 is 5.32 Å². The third-order valence-corrected chi connectivity index (χ3v) is 4.17. The van der Waals surface area contributed by atoms with Gasteiger partial charge in [0.05, 0.1) is 0 Å². The highest BCUT2D eigenvalue weighted by Crippen LogP contribution is 2.30. The van der Waals surface area contributed by atoms with Gasteiger partial charge in [-0.1, -0.05) is 25.4 Å². The van der Waals surface area contributed by atoms with Crippen molar-refractivity contribution < 1.29 is 0 Å². The Morgan fingerprint density at radius 3 is 2.62 bits per heavy atom. The lowest BCUT2D eigenvalue weighted by Crippen LogP contribution is -2.09. The summed E-state index contributed by atoms with van der Waals surface area (Å²) < 4.78 is 0.903. The quantitative estimate of drug-likeness (QED) is 0.783. The fourth-order valence-electron chi connectivity index (χ4n) is 2.20. The van der Waals surface area contributed by atoms with E-state index in [2.05, 4.69) is 40.1 Å². The number of nitrogens with one attached hydrogen (secondary N) is 1. The van der Waals surface area contributed by atoms with Crippen LogP contribution in [-0.4, -0.2) is 16.5 Å².